The minimum Gasteiger partial charge on any atom is -0.356 e. The Morgan fingerprint density at radius 1 is 1.11 bits per heavy atom. The molecule has 18 heavy (non-hydrogen) atoms. The smallest absolute Gasteiger partial charge is 0.221 e. The van der Waals surface area contributed by atoms with Crippen LogP contribution in [0.2, 0.25) is 0 Å². The van der Waals surface area contributed by atoms with Crippen LogP contribution in [0.1, 0.15) is 39.5 Å². The number of carbonyl (C=O) groups is 2. The summed E-state index contributed by atoms with van der Waals surface area (Å²) in [6, 6.07) is 0.203. The van der Waals surface area contributed by atoms with E-state index in [9.17, 15) is 9.59 Å². The second-order valence-electron chi connectivity index (χ2n) is 4.18. The van der Waals surface area contributed by atoms with Gasteiger partial charge in [0.1, 0.15) is 0 Å². The lowest BCUT2D eigenvalue weighted by molar-refractivity contribution is -0.122. The fourth-order valence-electron chi connectivity index (χ4n) is 1.28. The molecule has 3 N–H and O–H groups in total. The molecule has 0 aliphatic carbocycles. The van der Waals surface area contributed by atoms with E-state index in [0.29, 0.717) is 19.4 Å². The van der Waals surface area contributed by atoms with Crippen LogP contribution in [0.15, 0.2) is 0 Å². The Hall–Kier alpha value is -0.810. The molecule has 2 amide bonds. The monoisotopic (exact) mass is 279 g/mol. The molecule has 6 heteroatoms. The minimum atomic E-state index is -0.00475. The van der Waals surface area contributed by atoms with Crippen molar-refractivity contribution in [1.82, 2.24) is 16.0 Å². The van der Waals surface area contributed by atoms with Gasteiger partial charge in [-0.05, 0) is 33.4 Å². The van der Waals surface area contributed by atoms with Crippen molar-refractivity contribution in [3.63, 3.8) is 0 Å². The first kappa shape index (κ1) is 19.5. The number of amides is 2. The second kappa shape index (κ2) is 12.6. The van der Waals surface area contributed by atoms with Gasteiger partial charge in [-0.3, -0.25) is 9.59 Å². The number of halogens is 1. The zero-order chi connectivity index (χ0) is 13.1. The van der Waals surface area contributed by atoms with Gasteiger partial charge in [-0.1, -0.05) is 6.92 Å². The molecule has 1 atom stereocenters. The lowest BCUT2D eigenvalue weighted by Gasteiger charge is -2.11. The van der Waals surface area contributed by atoms with E-state index in [4.69, 9.17) is 0 Å². The maximum absolute atomic E-state index is 11.4. The minimum absolute atomic E-state index is 0. The molecule has 0 aromatic rings. The zero-order valence-corrected chi connectivity index (χ0v) is 12.4. The summed E-state index contributed by atoms with van der Waals surface area (Å²) in [6.45, 7) is 5.24. The predicted molar refractivity (Wildman–Crippen MR) is 75.9 cm³/mol. The predicted octanol–water partition coefficient (Wildman–Crippen LogP) is 0.829. The van der Waals surface area contributed by atoms with E-state index < -0.39 is 0 Å². The molecular formula is C12H26ClN3O2. The van der Waals surface area contributed by atoms with E-state index in [1.54, 1.807) is 0 Å². The van der Waals surface area contributed by atoms with Crippen molar-refractivity contribution < 1.29 is 9.59 Å². The van der Waals surface area contributed by atoms with E-state index in [2.05, 4.69) is 16.0 Å². The Bertz CT molecular complexity index is 237. The van der Waals surface area contributed by atoms with Crippen molar-refractivity contribution in [2.75, 3.05) is 20.1 Å². The quantitative estimate of drug-likeness (QED) is 0.548. The molecule has 0 heterocycles. The van der Waals surface area contributed by atoms with Crippen LogP contribution in [-0.4, -0.2) is 38.0 Å². The Balaban J connectivity index is 0. The van der Waals surface area contributed by atoms with Crippen molar-refractivity contribution in [3.8, 4) is 0 Å². The molecule has 0 bridgehead atoms. The van der Waals surface area contributed by atoms with Crippen LogP contribution in [0.25, 0.3) is 0 Å². The number of hydrogen-bond donors (Lipinski definition) is 3. The molecule has 108 valence electrons. The van der Waals surface area contributed by atoms with Crippen molar-refractivity contribution in [3.05, 3.63) is 0 Å². The van der Waals surface area contributed by atoms with E-state index in [1.165, 1.54) is 0 Å². The highest BCUT2D eigenvalue weighted by molar-refractivity contribution is 5.85. The standard InChI is InChI=1S/C12H25N3O2.ClH/c1-4-10(2)15-12(17)7-9-14-11(16)6-5-8-13-3;/h10,13H,4-9H2,1-3H3,(H,14,16)(H,15,17);1H. The van der Waals surface area contributed by atoms with Crippen LogP contribution in [0.5, 0.6) is 0 Å². The normalized spacial score (nSPS) is 11.3. The number of hydrogen-bond acceptors (Lipinski definition) is 3. The Labute approximate surface area is 116 Å². The van der Waals surface area contributed by atoms with Crippen LogP contribution in [0.4, 0.5) is 0 Å². The molecule has 0 aliphatic rings. The summed E-state index contributed by atoms with van der Waals surface area (Å²) in [5.41, 5.74) is 0. The molecule has 0 rings (SSSR count). The lowest BCUT2D eigenvalue weighted by atomic mass is 10.2. The average Bonchev–Trinajstić information content (AvgIpc) is 2.29. The van der Waals surface area contributed by atoms with Gasteiger partial charge in [0.15, 0.2) is 0 Å². The van der Waals surface area contributed by atoms with Gasteiger partial charge in [0, 0.05) is 25.4 Å². The molecule has 0 aliphatic heterocycles. The fourth-order valence-corrected chi connectivity index (χ4v) is 1.28. The molecule has 0 spiro atoms. The largest absolute Gasteiger partial charge is 0.356 e. The SMILES string of the molecule is CCC(C)NC(=O)CCNC(=O)CCCNC.Cl. The van der Waals surface area contributed by atoms with Gasteiger partial charge in [0.25, 0.3) is 0 Å². The maximum Gasteiger partial charge on any atom is 0.221 e. The van der Waals surface area contributed by atoms with Crippen LogP contribution in [0.3, 0.4) is 0 Å². The van der Waals surface area contributed by atoms with Crippen LogP contribution in [-0.2, 0) is 9.59 Å². The molecule has 0 aromatic carbocycles. The molecule has 0 aromatic heterocycles. The van der Waals surface area contributed by atoms with Crippen molar-refractivity contribution in [2.24, 2.45) is 0 Å². The first-order valence-electron chi connectivity index (χ1n) is 6.30. The highest BCUT2D eigenvalue weighted by Crippen LogP contribution is 1.90. The molecular weight excluding hydrogens is 254 g/mol. The Kier molecular flexibility index (Phi) is 13.7. The molecule has 1 unspecified atom stereocenters. The summed E-state index contributed by atoms with van der Waals surface area (Å²) in [6.07, 6.45) is 2.60. The topological polar surface area (TPSA) is 70.2 Å². The van der Waals surface area contributed by atoms with Gasteiger partial charge in [0.05, 0.1) is 0 Å². The van der Waals surface area contributed by atoms with E-state index in [1.807, 2.05) is 20.9 Å². The first-order valence-corrected chi connectivity index (χ1v) is 6.30. The van der Waals surface area contributed by atoms with Gasteiger partial charge in [-0.2, -0.15) is 0 Å². The molecule has 0 fully saturated rings. The van der Waals surface area contributed by atoms with Crippen molar-refractivity contribution >= 4 is 24.2 Å². The number of carbonyl (C=O) groups excluding carboxylic acids is 2. The third-order valence-corrected chi connectivity index (χ3v) is 2.52. The van der Waals surface area contributed by atoms with Crippen LogP contribution in [0, 0.1) is 0 Å². The van der Waals surface area contributed by atoms with Crippen molar-refractivity contribution in [2.45, 2.75) is 45.6 Å². The van der Waals surface area contributed by atoms with Gasteiger partial charge in [-0.25, -0.2) is 0 Å². The zero-order valence-electron chi connectivity index (χ0n) is 11.5. The second-order valence-corrected chi connectivity index (χ2v) is 4.18. The highest BCUT2D eigenvalue weighted by Gasteiger charge is 2.06. The summed E-state index contributed by atoms with van der Waals surface area (Å²) >= 11 is 0. The van der Waals surface area contributed by atoms with Gasteiger partial charge >= 0.3 is 0 Å². The molecule has 0 saturated heterocycles. The first-order chi connectivity index (χ1) is 8.10. The average molecular weight is 280 g/mol. The third-order valence-electron chi connectivity index (χ3n) is 2.52. The van der Waals surface area contributed by atoms with E-state index >= 15 is 0 Å². The number of nitrogens with one attached hydrogen (secondary N) is 3. The summed E-state index contributed by atoms with van der Waals surface area (Å²) in [4.78, 5) is 22.7. The summed E-state index contributed by atoms with van der Waals surface area (Å²) in [7, 11) is 1.86. The summed E-state index contributed by atoms with van der Waals surface area (Å²) < 4.78 is 0. The maximum atomic E-state index is 11.4. The van der Waals surface area contributed by atoms with E-state index in [-0.39, 0.29) is 30.3 Å². The summed E-state index contributed by atoms with van der Waals surface area (Å²) in [5, 5.41) is 8.57. The van der Waals surface area contributed by atoms with Gasteiger partial charge in [0.2, 0.25) is 11.8 Å². The van der Waals surface area contributed by atoms with Crippen molar-refractivity contribution in [1.29, 1.82) is 0 Å². The van der Waals surface area contributed by atoms with Crippen LogP contribution >= 0.6 is 12.4 Å². The van der Waals surface area contributed by atoms with Gasteiger partial charge < -0.3 is 16.0 Å². The Morgan fingerprint density at radius 3 is 2.33 bits per heavy atom. The lowest BCUT2D eigenvalue weighted by Crippen LogP contribution is -2.35. The summed E-state index contributed by atoms with van der Waals surface area (Å²) in [5.74, 6) is 0.00599. The van der Waals surface area contributed by atoms with Gasteiger partial charge in [-0.15, -0.1) is 12.4 Å². The van der Waals surface area contributed by atoms with E-state index in [0.717, 1.165) is 19.4 Å². The molecule has 5 nitrogen and oxygen atoms in total. The highest BCUT2D eigenvalue weighted by atomic mass is 35.5. The number of rotatable bonds is 9. The van der Waals surface area contributed by atoms with Crippen LogP contribution < -0.4 is 16.0 Å². The third kappa shape index (κ3) is 11.7. The Morgan fingerprint density at radius 2 is 1.78 bits per heavy atom. The molecule has 0 radical (unpaired) electrons. The fraction of sp³-hybridized carbons (Fsp3) is 0.833. The molecule has 0 saturated carbocycles.